The Morgan fingerprint density at radius 2 is 2.32 bits per heavy atom. The average Bonchev–Trinajstić information content (AvgIpc) is 2.89. The van der Waals surface area contributed by atoms with Gasteiger partial charge in [-0.1, -0.05) is 5.16 Å². The van der Waals surface area contributed by atoms with Gasteiger partial charge in [0.05, 0.1) is 12.2 Å². The van der Waals surface area contributed by atoms with E-state index >= 15 is 0 Å². The molecular weight excluding hydrogens is 246 g/mol. The van der Waals surface area contributed by atoms with E-state index in [-0.39, 0.29) is 5.84 Å². The predicted molar refractivity (Wildman–Crippen MR) is 70.8 cm³/mol. The number of ether oxygens (including phenoxy) is 2. The fraction of sp³-hybridized carbons (Fsp3) is 0.538. The van der Waals surface area contributed by atoms with Gasteiger partial charge in [0.1, 0.15) is 6.61 Å². The summed E-state index contributed by atoms with van der Waals surface area (Å²) in [6.07, 6.45) is 3.02. The molecule has 3 N–H and O–H groups in total. The van der Waals surface area contributed by atoms with Crippen LogP contribution >= 0.6 is 0 Å². The van der Waals surface area contributed by atoms with Gasteiger partial charge in [-0.25, -0.2) is 4.98 Å². The number of nitrogens with zero attached hydrogens (tertiary/aromatic N) is 2. The predicted octanol–water partition coefficient (Wildman–Crippen LogP) is 1.08. The van der Waals surface area contributed by atoms with E-state index in [2.05, 4.69) is 10.1 Å². The molecule has 104 valence electrons. The lowest BCUT2D eigenvalue weighted by atomic mass is 10.1. The largest absolute Gasteiger partial charge is 0.475 e. The normalized spacial score (nSPS) is 14.5. The molecule has 6 nitrogen and oxygen atoms in total. The molecule has 1 aromatic heterocycles. The van der Waals surface area contributed by atoms with Gasteiger partial charge in [-0.3, -0.25) is 0 Å². The molecule has 0 saturated heterocycles. The third kappa shape index (κ3) is 3.14. The van der Waals surface area contributed by atoms with Crippen molar-refractivity contribution in [1.29, 1.82) is 0 Å². The van der Waals surface area contributed by atoms with Crippen molar-refractivity contribution >= 4 is 5.84 Å². The van der Waals surface area contributed by atoms with Crippen molar-refractivity contribution in [3.8, 4) is 5.88 Å². The molecule has 1 aliphatic carbocycles. The van der Waals surface area contributed by atoms with Crippen LogP contribution in [0.4, 0.5) is 0 Å². The number of hydrogen-bond acceptors (Lipinski definition) is 5. The Bertz CT molecular complexity index is 474. The smallest absolute Gasteiger partial charge is 0.224 e. The third-order valence-corrected chi connectivity index (χ3v) is 3.07. The van der Waals surface area contributed by atoms with Gasteiger partial charge in [0.15, 0.2) is 5.84 Å². The number of aryl methyl sites for hydroxylation is 2. The Hall–Kier alpha value is -1.82. The van der Waals surface area contributed by atoms with Crippen LogP contribution in [0.1, 0.15) is 30.2 Å². The highest BCUT2D eigenvalue weighted by atomic mass is 16.5. The molecule has 1 aliphatic rings. The molecule has 1 heterocycles. The van der Waals surface area contributed by atoms with Crippen LogP contribution in [0.25, 0.3) is 0 Å². The number of hydrogen-bond donors (Lipinski definition) is 2. The van der Waals surface area contributed by atoms with Crippen molar-refractivity contribution in [2.24, 2.45) is 10.9 Å². The zero-order valence-electron chi connectivity index (χ0n) is 11.1. The molecule has 2 rings (SSSR count). The van der Waals surface area contributed by atoms with Gasteiger partial charge in [0.25, 0.3) is 0 Å². The Labute approximate surface area is 112 Å². The maximum atomic E-state index is 8.83. The number of oxime groups is 1. The monoisotopic (exact) mass is 265 g/mol. The van der Waals surface area contributed by atoms with Crippen LogP contribution in [0, 0.1) is 0 Å². The molecule has 0 spiro atoms. The molecule has 0 radical (unpaired) electrons. The number of nitrogens with two attached hydrogens (primary N) is 1. The van der Waals surface area contributed by atoms with Crippen molar-refractivity contribution in [1.82, 2.24) is 4.98 Å². The zero-order chi connectivity index (χ0) is 13.7. The summed E-state index contributed by atoms with van der Waals surface area (Å²) in [5.41, 5.74) is 8.40. The molecule has 0 atom stereocenters. The summed E-state index contributed by atoms with van der Waals surface area (Å²) in [6.45, 7) is 3.46. The summed E-state index contributed by atoms with van der Waals surface area (Å²) < 4.78 is 10.8. The summed E-state index contributed by atoms with van der Waals surface area (Å²) in [4.78, 5) is 4.47. The molecular formula is C13H19N3O3. The van der Waals surface area contributed by atoms with Crippen molar-refractivity contribution in [2.45, 2.75) is 26.2 Å². The zero-order valence-corrected chi connectivity index (χ0v) is 11.1. The van der Waals surface area contributed by atoms with Crippen LogP contribution < -0.4 is 10.5 Å². The lowest BCUT2D eigenvalue weighted by Gasteiger charge is -2.11. The average molecular weight is 265 g/mol. The Balaban J connectivity index is 2.19. The fourth-order valence-corrected chi connectivity index (χ4v) is 2.14. The second-order valence-corrected chi connectivity index (χ2v) is 4.33. The van der Waals surface area contributed by atoms with E-state index in [1.54, 1.807) is 0 Å². The lowest BCUT2D eigenvalue weighted by molar-refractivity contribution is 0.108. The standard InChI is InChI=1S/C13H19N3O3/c1-2-18-6-7-19-13-10(12(14)16-17)8-9-4-3-5-11(9)15-13/h8,17H,2-7H2,1H3,(H2,14,16). The summed E-state index contributed by atoms with van der Waals surface area (Å²) in [6, 6.07) is 1.90. The van der Waals surface area contributed by atoms with Gasteiger partial charge >= 0.3 is 0 Å². The van der Waals surface area contributed by atoms with Crippen LogP contribution in [-0.4, -0.2) is 35.8 Å². The van der Waals surface area contributed by atoms with Gasteiger partial charge in [-0.15, -0.1) is 0 Å². The Kier molecular flexibility index (Phi) is 4.57. The quantitative estimate of drug-likeness (QED) is 0.264. The molecule has 6 heteroatoms. The minimum Gasteiger partial charge on any atom is -0.475 e. The second kappa shape index (κ2) is 6.38. The number of pyridine rings is 1. The van der Waals surface area contributed by atoms with Crippen LogP contribution in [0.3, 0.4) is 0 Å². The summed E-state index contributed by atoms with van der Waals surface area (Å²) >= 11 is 0. The van der Waals surface area contributed by atoms with Crippen LogP contribution in [0.2, 0.25) is 0 Å². The Morgan fingerprint density at radius 1 is 1.47 bits per heavy atom. The van der Waals surface area contributed by atoms with E-state index in [0.29, 0.717) is 31.3 Å². The molecule has 0 unspecified atom stereocenters. The van der Waals surface area contributed by atoms with Crippen LogP contribution in [0.5, 0.6) is 5.88 Å². The van der Waals surface area contributed by atoms with Gasteiger partial charge in [-0.2, -0.15) is 0 Å². The van der Waals surface area contributed by atoms with E-state index in [9.17, 15) is 0 Å². The number of rotatable bonds is 6. The number of fused-ring (bicyclic) bond motifs is 1. The highest BCUT2D eigenvalue weighted by Gasteiger charge is 2.19. The van der Waals surface area contributed by atoms with E-state index in [4.69, 9.17) is 20.4 Å². The van der Waals surface area contributed by atoms with Crippen LogP contribution in [-0.2, 0) is 17.6 Å². The third-order valence-electron chi connectivity index (χ3n) is 3.07. The number of aromatic nitrogens is 1. The van der Waals surface area contributed by atoms with E-state index in [1.165, 1.54) is 0 Å². The highest BCUT2D eigenvalue weighted by Crippen LogP contribution is 2.26. The first-order valence-corrected chi connectivity index (χ1v) is 6.47. The topological polar surface area (TPSA) is 90.0 Å². The molecule has 0 bridgehead atoms. The SMILES string of the molecule is CCOCCOc1nc2c(cc1C(N)=NO)CCC2. The molecule has 0 saturated carbocycles. The first kappa shape index (κ1) is 13.6. The van der Waals surface area contributed by atoms with Gasteiger partial charge in [0.2, 0.25) is 5.88 Å². The van der Waals surface area contributed by atoms with Gasteiger partial charge < -0.3 is 20.4 Å². The molecule has 0 amide bonds. The van der Waals surface area contributed by atoms with Crippen LogP contribution in [0.15, 0.2) is 11.2 Å². The molecule has 0 aromatic carbocycles. The minimum atomic E-state index is 0.0219. The lowest BCUT2D eigenvalue weighted by Crippen LogP contribution is -2.18. The van der Waals surface area contributed by atoms with Crippen molar-refractivity contribution in [2.75, 3.05) is 19.8 Å². The van der Waals surface area contributed by atoms with E-state index in [1.807, 2.05) is 13.0 Å². The maximum Gasteiger partial charge on any atom is 0.224 e. The molecule has 0 aliphatic heterocycles. The first-order valence-electron chi connectivity index (χ1n) is 6.47. The van der Waals surface area contributed by atoms with Crippen molar-refractivity contribution in [3.05, 3.63) is 22.9 Å². The van der Waals surface area contributed by atoms with Crippen molar-refractivity contribution in [3.63, 3.8) is 0 Å². The van der Waals surface area contributed by atoms with E-state index in [0.717, 1.165) is 30.5 Å². The molecule has 19 heavy (non-hydrogen) atoms. The van der Waals surface area contributed by atoms with Crippen molar-refractivity contribution < 1.29 is 14.7 Å². The fourth-order valence-electron chi connectivity index (χ4n) is 2.14. The summed E-state index contributed by atoms with van der Waals surface area (Å²) in [7, 11) is 0. The molecule has 0 fully saturated rings. The second-order valence-electron chi connectivity index (χ2n) is 4.33. The summed E-state index contributed by atoms with van der Waals surface area (Å²) in [5.74, 6) is 0.435. The highest BCUT2D eigenvalue weighted by molar-refractivity contribution is 5.99. The molecule has 1 aromatic rings. The minimum absolute atomic E-state index is 0.0219. The number of amidine groups is 1. The van der Waals surface area contributed by atoms with Gasteiger partial charge in [-0.05, 0) is 37.8 Å². The maximum absolute atomic E-state index is 8.83. The Morgan fingerprint density at radius 3 is 3.05 bits per heavy atom. The first-order chi connectivity index (χ1) is 9.26. The summed E-state index contributed by atoms with van der Waals surface area (Å²) in [5, 5.41) is 11.9. The van der Waals surface area contributed by atoms with Gasteiger partial charge in [0, 0.05) is 12.3 Å². The van der Waals surface area contributed by atoms with E-state index < -0.39 is 0 Å².